The van der Waals surface area contributed by atoms with Crippen LogP contribution in [0, 0.1) is 10.5 Å². The Kier molecular flexibility index (Phi) is 4.58. The van der Waals surface area contributed by atoms with Gasteiger partial charge in [0.15, 0.2) is 0 Å². The van der Waals surface area contributed by atoms with Crippen LogP contribution in [0.15, 0.2) is 36.4 Å². The van der Waals surface area contributed by atoms with Gasteiger partial charge in [0.1, 0.15) is 5.75 Å². The molecule has 0 saturated carbocycles. The van der Waals surface area contributed by atoms with Crippen LogP contribution in [0.1, 0.15) is 24.1 Å². The van der Waals surface area contributed by atoms with Crippen molar-refractivity contribution in [3.05, 3.63) is 56.1 Å². The van der Waals surface area contributed by atoms with E-state index in [1.165, 1.54) is 0 Å². The predicted octanol–water partition coefficient (Wildman–Crippen LogP) is 5.13. The Morgan fingerprint density at radius 2 is 1.95 bits per heavy atom. The van der Waals surface area contributed by atoms with Gasteiger partial charge in [0.05, 0.1) is 6.04 Å². The highest BCUT2D eigenvalue weighted by Gasteiger charge is 2.11. The van der Waals surface area contributed by atoms with Crippen molar-refractivity contribution in [3.63, 3.8) is 0 Å². The summed E-state index contributed by atoms with van der Waals surface area (Å²) in [4.78, 5) is 0. The standard InChI is InChI=1S/C15H15ClINO/c1-9-3-5-12(15(19)7-9)10(2)18-14-6-4-11(16)8-13(14)17/h3-8,10,18-19H,1-2H3. The minimum absolute atomic E-state index is 0.0234. The summed E-state index contributed by atoms with van der Waals surface area (Å²) in [5.74, 6) is 0.323. The lowest BCUT2D eigenvalue weighted by atomic mass is 10.0. The van der Waals surface area contributed by atoms with Crippen molar-refractivity contribution in [2.75, 3.05) is 5.32 Å². The molecule has 0 heterocycles. The highest BCUT2D eigenvalue weighted by atomic mass is 127. The summed E-state index contributed by atoms with van der Waals surface area (Å²) in [6.07, 6.45) is 0. The second kappa shape index (κ2) is 6.01. The highest BCUT2D eigenvalue weighted by molar-refractivity contribution is 14.1. The fourth-order valence-electron chi connectivity index (χ4n) is 1.94. The molecule has 0 fully saturated rings. The van der Waals surface area contributed by atoms with E-state index in [9.17, 15) is 5.11 Å². The number of anilines is 1. The van der Waals surface area contributed by atoms with Crippen LogP contribution in [0.25, 0.3) is 0 Å². The molecular weight excluding hydrogens is 373 g/mol. The quantitative estimate of drug-likeness (QED) is 0.716. The van der Waals surface area contributed by atoms with Gasteiger partial charge in [-0.05, 0) is 66.3 Å². The molecule has 1 atom stereocenters. The lowest BCUT2D eigenvalue weighted by Crippen LogP contribution is -2.08. The lowest BCUT2D eigenvalue weighted by Gasteiger charge is -2.18. The van der Waals surface area contributed by atoms with Crippen molar-refractivity contribution in [2.45, 2.75) is 19.9 Å². The molecule has 2 aromatic carbocycles. The smallest absolute Gasteiger partial charge is 0.121 e. The molecule has 0 aliphatic rings. The van der Waals surface area contributed by atoms with Crippen LogP contribution in [0.4, 0.5) is 5.69 Å². The van der Waals surface area contributed by atoms with E-state index in [1.54, 1.807) is 6.07 Å². The molecule has 2 aromatic rings. The molecule has 2 nitrogen and oxygen atoms in total. The average molecular weight is 388 g/mol. The summed E-state index contributed by atoms with van der Waals surface area (Å²) < 4.78 is 1.06. The number of hydrogen-bond donors (Lipinski definition) is 2. The van der Waals surface area contributed by atoms with Gasteiger partial charge in [0.25, 0.3) is 0 Å². The molecule has 19 heavy (non-hydrogen) atoms. The normalized spacial score (nSPS) is 12.2. The Hall–Kier alpha value is -0.940. The van der Waals surface area contributed by atoms with Crippen LogP contribution < -0.4 is 5.32 Å². The summed E-state index contributed by atoms with van der Waals surface area (Å²) >= 11 is 8.18. The third-order valence-corrected chi connectivity index (χ3v) is 4.08. The molecule has 0 aromatic heterocycles. The summed E-state index contributed by atoms with van der Waals surface area (Å²) in [5, 5.41) is 14.1. The Labute approximate surface area is 131 Å². The number of phenols is 1. The molecule has 0 radical (unpaired) electrons. The van der Waals surface area contributed by atoms with Gasteiger partial charge < -0.3 is 10.4 Å². The lowest BCUT2D eigenvalue weighted by molar-refractivity contribution is 0.465. The fraction of sp³-hybridized carbons (Fsp3) is 0.200. The molecule has 0 aliphatic carbocycles. The van der Waals surface area contributed by atoms with Crippen molar-refractivity contribution >= 4 is 39.9 Å². The number of nitrogens with one attached hydrogen (secondary N) is 1. The van der Waals surface area contributed by atoms with E-state index >= 15 is 0 Å². The Morgan fingerprint density at radius 1 is 1.21 bits per heavy atom. The molecule has 2 rings (SSSR count). The summed E-state index contributed by atoms with van der Waals surface area (Å²) in [6.45, 7) is 3.98. The molecule has 0 aliphatic heterocycles. The zero-order valence-corrected chi connectivity index (χ0v) is 13.7. The minimum atomic E-state index is 0.0234. The maximum Gasteiger partial charge on any atom is 0.121 e. The molecule has 1 unspecified atom stereocenters. The van der Waals surface area contributed by atoms with Crippen molar-refractivity contribution in [1.82, 2.24) is 0 Å². The number of aryl methyl sites for hydroxylation is 1. The minimum Gasteiger partial charge on any atom is -0.508 e. The van der Waals surface area contributed by atoms with E-state index in [0.29, 0.717) is 5.75 Å². The Bertz CT molecular complexity index is 601. The summed E-state index contributed by atoms with van der Waals surface area (Å²) in [5.41, 5.74) is 2.95. The Morgan fingerprint density at radius 3 is 2.58 bits per heavy atom. The zero-order chi connectivity index (χ0) is 14.0. The Balaban J connectivity index is 2.23. The van der Waals surface area contributed by atoms with Gasteiger partial charge in [0.2, 0.25) is 0 Å². The van der Waals surface area contributed by atoms with Gasteiger partial charge in [0, 0.05) is 19.8 Å². The molecule has 0 bridgehead atoms. The highest BCUT2D eigenvalue weighted by Crippen LogP contribution is 2.30. The summed E-state index contributed by atoms with van der Waals surface area (Å²) in [6, 6.07) is 11.5. The number of hydrogen-bond acceptors (Lipinski definition) is 2. The molecular formula is C15H15ClINO. The van der Waals surface area contributed by atoms with Crippen molar-refractivity contribution in [2.24, 2.45) is 0 Å². The maximum atomic E-state index is 9.99. The third kappa shape index (κ3) is 3.54. The fourth-order valence-corrected chi connectivity index (χ4v) is 2.96. The number of phenolic OH excluding ortho intramolecular Hbond substituents is 1. The largest absolute Gasteiger partial charge is 0.508 e. The predicted molar refractivity (Wildman–Crippen MR) is 89.1 cm³/mol. The zero-order valence-electron chi connectivity index (χ0n) is 10.7. The number of halogens is 2. The van der Waals surface area contributed by atoms with Crippen LogP contribution in [0.3, 0.4) is 0 Å². The van der Waals surface area contributed by atoms with Crippen LogP contribution in [0.2, 0.25) is 5.02 Å². The first-order chi connectivity index (χ1) is 8.97. The second-order valence-corrected chi connectivity index (χ2v) is 6.15. The first-order valence-electron chi connectivity index (χ1n) is 5.98. The molecule has 0 amide bonds. The topological polar surface area (TPSA) is 32.3 Å². The third-order valence-electron chi connectivity index (χ3n) is 2.96. The van der Waals surface area contributed by atoms with Crippen LogP contribution in [-0.2, 0) is 0 Å². The second-order valence-electron chi connectivity index (χ2n) is 4.55. The summed E-state index contributed by atoms with van der Waals surface area (Å²) in [7, 11) is 0. The molecule has 0 spiro atoms. The average Bonchev–Trinajstić information content (AvgIpc) is 2.32. The van der Waals surface area contributed by atoms with E-state index in [1.807, 2.05) is 44.2 Å². The monoisotopic (exact) mass is 387 g/mol. The van der Waals surface area contributed by atoms with E-state index in [-0.39, 0.29) is 6.04 Å². The van der Waals surface area contributed by atoms with Gasteiger partial charge in [-0.2, -0.15) is 0 Å². The molecule has 4 heteroatoms. The van der Waals surface area contributed by atoms with Crippen molar-refractivity contribution in [3.8, 4) is 5.75 Å². The van der Waals surface area contributed by atoms with Gasteiger partial charge in [-0.15, -0.1) is 0 Å². The number of rotatable bonds is 3. The van der Waals surface area contributed by atoms with Gasteiger partial charge in [-0.1, -0.05) is 23.7 Å². The van der Waals surface area contributed by atoms with Gasteiger partial charge in [-0.25, -0.2) is 0 Å². The van der Waals surface area contributed by atoms with Gasteiger partial charge >= 0.3 is 0 Å². The van der Waals surface area contributed by atoms with E-state index in [4.69, 9.17) is 11.6 Å². The van der Waals surface area contributed by atoms with E-state index in [2.05, 4.69) is 27.9 Å². The van der Waals surface area contributed by atoms with Crippen molar-refractivity contribution < 1.29 is 5.11 Å². The number of aromatic hydroxyl groups is 1. The first kappa shape index (κ1) is 14.5. The van der Waals surface area contributed by atoms with Gasteiger partial charge in [-0.3, -0.25) is 0 Å². The SMILES string of the molecule is Cc1ccc(C(C)Nc2ccc(Cl)cc2I)c(O)c1. The van der Waals surface area contributed by atoms with E-state index < -0.39 is 0 Å². The molecule has 2 N–H and O–H groups in total. The van der Waals surface area contributed by atoms with Crippen LogP contribution in [0.5, 0.6) is 5.75 Å². The van der Waals surface area contributed by atoms with E-state index in [0.717, 1.165) is 25.4 Å². The van der Waals surface area contributed by atoms with Crippen LogP contribution in [-0.4, -0.2) is 5.11 Å². The number of benzene rings is 2. The van der Waals surface area contributed by atoms with Crippen molar-refractivity contribution in [1.29, 1.82) is 0 Å². The molecule has 0 saturated heterocycles. The molecule has 100 valence electrons. The first-order valence-corrected chi connectivity index (χ1v) is 7.44. The maximum absolute atomic E-state index is 9.99. The van der Waals surface area contributed by atoms with Crippen LogP contribution >= 0.6 is 34.2 Å².